The Labute approximate surface area is 121 Å². The quantitative estimate of drug-likeness (QED) is 0.885. The maximum Gasteiger partial charge on any atom is 0.220 e. The third-order valence-corrected chi connectivity index (χ3v) is 4.60. The zero-order valence-electron chi connectivity index (χ0n) is 12.0. The van der Waals surface area contributed by atoms with Gasteiger partial charge in [-0.1, -0.05) is 37.1 Å². The van der Waals surface area contributed by atoms with E-state index in [1.165, 1.54) is 24.0 Å². The molecule has 2 N–H and O–H groups in total. The van der Waals surface area contributed by atoms with Crippen LogP contribution in [0.15, 0.2) is 24.3 Å². The molecule has 108 valence electrons. The van der Waals surface area contributed by atoms with E-state index >= 15 is 0 Å². The molecule has 1 aliphatic heterocycles. The summed E-state index contributed by atoms with van der Waals surface area (Å²) in [6, 6.07) is 9.39. The summed E-state index contributed by atoms with van der Waals surface area (Å²) >= 11 is 0. The highest BCUT2D eigenvalue weighted by molar-refractivity contribution is 5.76. The minimum atomic E-state index is 0.224. The van der Waals surface area contributed by atoms with Gasteiger partial charge in [0.15, 0.2) is 0 Å². The molecule has 3 heteroatoms. The van der Waals surface area contributed by atoms with Gasteiger partial charge in [0.2, 0.25) is 5.91 Å². The van der Waals surface area contributed by atoms with Crippen molar-refractivity contribution in [1.29, 1.82) is 0 Å². The van der Waals surface area contributed by atoms with Crippen molar-refractivity contribution in [2.24, 2.45) is 0 Å². The fourth-order valence-corrected chi connectivity index (χ4v) is 3.50. The van der Waals surface area contributed by atoms with Crippen LogP contribution in [0.4, 0.5) is 0 Å². The predicted octanol–water partition coefficient (Wildman–Crippen LogP) is 2.71. The number of rotatable bonds is 4. The van der Waals surface area contributed by atoms with Gasteiger partial charge in [-0.2, -0.15) is 0 Å². The molecular weight excluding hydrogens is 248 g/mol. The van der Waals surface area contributed by atoms with Crippen molar-refractivity contribution in [2.45, 2.75) is 57.0 Å². The largest absolute Gasteiger partial charge is 0.353 e. The van der Waals surface area contributed by atoms with Crippen molar-refractivity contribution in [2.75, 3.05) is 6.54 Å². The molecule has 1 aromatic rings. The first-order chi connectivity index (χ1) is 9.83. The van der Waals surface area contributed by atoms with Crippen molar-refractivity contribution in [1.82, 2.24) is 10.6 Å². The second-order valence-electron chi connectivity index (χ2n) is 6.04. The average molecular weight is 272 g/mol. The number of hydrogen-bond acceptors (Lipinski definition) is 2. The van der Waals surface area contributed by atoms with E-state index in [1.807, 2.05) is 0 Å². The second kappa shape index (κ2) is 6.40. The van der Waals surface area contributed by atoms with Crippen LogP contribution in [0, 0.1) is 0 Å². The van der Waals surface area contributed by atoms with Gasteiger partial charge >= 0.3 is 0 Å². The standard InChI is InChI=1S/C17H24N2O/c20-17(19-14-6-2-3-7-14)10-9-16-15-8-4-1-5-13(15)11-12-18-16/h1,4-5,8,14,16,18H,2-3,6-7,9-12H2,(H,19,20). The normalized spacial score (nSPS) is 22.5. The molecule has 1 saturated carbocycles. The fraction of sp³-hybridized carbons (Fsp3) is 0.588. The van der Waals surface area contributed by atoms with Crippen LogP contribution in [0.1, 0.15) is 55.7 Å². The molecule has 0 saturated heterocycles. The predicted molar refractivity (Wildman–Crippen MR) is 80.5 cm³/mol. The Morgan fingerprint density at radius 3 is 2.90 bits per heavy atom. The molecule has 20 heavy (non-hydrogen) atoms. The van der Waals surface area contributed by atoms with Gasteiger partial charge in [-0.25, -0.2) is 0 Å². The van der Waals surface area contributed by atoms with Crippen LogP contribution in [0.5, 0.6) is 0 Å². The highest BCUT2D eigenvalue weighted by Gasteiger charge is 2.21. The van der Waals surface area contributed by atoms with Crippen LogP contribution in [0.2, 0.25) is 0 Å². The monoisotopic (exact) mass is 272 g/mol. The average Bonchev–Trinajstić information content (AvgIpc) is 2.98. The molecule has 1 aromatic carbocycles. The Morgan fingerprint density at radius 1 is 1.25 bits per heavy atom. The van der Waals surface area contributed by atoms with Gasteiger partial charge in [0.05, 0.1) is 0 Å². The molecule has 1 fully saturated rings. The first-order valence-corrected chi connectivity index (χ1v) is 7.93. The van der Waals surface area contributed by atoms with E-state index in [2.05, 4.69) is 34.9 Å². The van der Waals surface area contributed by atoms with Crippen LogP contribution in [0.3, 0.4) is 0 Å². The molecule has 3 nitrogen and oxygen atoms in total. The van der Waals surface area contributed by atoms with Crippen molar-refractivity contribution in [3.05, 3.63) is 35.4 Å². The van der Waals surface area contributed by atoms with Crippen molar-refractivity contribution in [3.63, 3.8) is 0 Å². The molecular formula is C17H24N2O. The summed E-state index contributed by atoms with van der Waals surface area (Å²) in [5, 5.41) is 6.72. The lowest BCUT2D eigenvalue weighted by molar-refractivity contribution is -0.122. The lowest BCUT2D eigenvalue weighted by Crippen LogP contribution is -2.34. The molecule has 1 amide bonds. The molecule has 0 radical (unpaired) electrons. The molecule has 1 unspecified atom stereocenters. The molecule has 1 heterocycles. The minimum absolute atomic E-state index is 0.224. The Hall–Kier alpha value is -1.35. The lowest BCUT2D eigenvalue weighted by atomic mass is 9.91. The Morgan fingerprint density at radius 2 is 2.05 bits per heavy atom. The molecule has 0 bridgehead atoms. The maximum atomic E-state index is 12.0. The Balaban J connectivity index is 1.52. The molecule has 1 atom stereocenters. The number of benzene rings is 1. The van der Waals surface area contributed by atoms with Gasteiger partial charge < -0.3 is 10.6 Å². The van der Waals surface area contributed by atoms with E-state index in [-0.39, 0.29) is 5.91 Å². The smallest absolute Gasteiger partial charge is 0.220 e. The van der Waals surface area contributed by atoms with Crippen LogP contribution >= 0.6 is 0 Å². The van der Waals surface area contributed by atoms with Gasteiger partial charge in [-0.3, -0.25) is 4.79 Å². The third kappa shape index (κ3) is 3.21. The summed E-state index contributed by atoms with van der Waals surface area (Å²) in [6.45, 7) is 1.02. The van der Waals surface area contributed by atoms with Crippen molar-refractivity contribution in [3.8, 4) is 0 Å². The zero-order valence-corrected chi connectivity index (χ0v) is 12.0. The van der Waals surface area contributed by atoms with E-state index < -0.39 is 0 Å². The SMILES string of the molecule is O=C(CCC1NCCc2ccccc21)NC1CCCC1. The highest BCUT2D eigenvalue weighted by atomic mass is 16.1. The van der Waals surface area contributed by atoms with E-state index in [0.29, 0.717) is 18.5 Å². The summed E-state index contributed by atoms with van der Waals surface area (Å²) in [5.74, 6) is 0.224. The first-order valence-electron chi connectivity index (χ1n) is 7.93. The highest BCUT2D eigenvalue weighted by Crippen LogP contribution is 2.26. The lowest BCUT2D eigenvalue weighted by Gasteiger charge is -2.27. The van der Waals surface area contributed by atoms with Crippen LogP contribution in [-0.2, 0) is 11.2 Å². The molecule has 1 aliphatic carbocycles. The molecule has 2 aliphatic rings. The number of fused-ring (bicyclic) bond motifs is 1. The Kier molecular flexibility index (Phi) is 4.36. The van der Waals surface area contributed by atoms with Crippen LogP contribution < -0.4 is 10.6 Å². The number of hydrogen-bond donors (Lipinski definition) is 2. The number of nitrogens with one attached hydrogen (secondary N) is 2. The topological polar surface area (TPSA) is 41.1 Å². The van der Waals surface area contributed by atoms with Crippen molar-refractivity contribution < 1.29 is 4.79 Å². The summed E-state index contributed by atoms with van der Waals surface area (Å²) in [4.78, 5) is 12.0. The fourth-order valence-electron chi connectivity index (χ4n) is 3.50. The number of carbonyl (C=O) groups is 1. The Bertz CT molecular complexity index is 466. The van der Waals surface area contributed by atoms with E-state index in [9.17, 15) is 4.79 Å². The maximum absolute atomic E-state index is 12.0. The summed E-state index contributed by atoms with van der Waals surface area (Å²) < 4.78 is 0. The second-order valence-corrected chi connectivity index (χ2v) is 6.04. The molecule has 0 spiro atoms. The van der Waals surface area contributed by atoms with Crippen molar-refractivity contribution >= 4 is 5.91 Å². The van der Waals surface area contributed by atoms with Crippen LogP contribution in [0.25, 0.3) is 0 Å². The summed E-state index contributed by atoms with van der Waals surface area (Å²) in [5.41, 5.74) is 2.82. The summed E-state index contributed by atoms with van der Waals surface area (Å²) in [7, 11) is 0. The minimum Gasteiger partial charge on any atom is -0.353 e. The van der Waals surface area contributed by atoms with Gasteiger partial charge in [0, 0.05) is 18.5 Å². The van der Waals surface area contributed by atoms with E-state index in [0.717, 1.165) is 32.2 Å². The van der Waals surface area contributed by atoms with Gasteiger partial charge in [0.1, 0.15) is 0 Å². The first kappa shape index (κ1) is 13.6. The van der Waals surface area contributed by atoms with Gasteiger partial charge in [0.25, 0.3) is 0 Å². The van der Waals surface area contributed by atoms with Gasteiger partial charge in [-0.05, 0) is 43.4 Å². The zero-order chi connectivity index (χ0) is 13.8. The van der Waals surface area contributed by atoms with Gasteiger partial charge in [-0.15, -0.1) is 0 Å². The molecule has 3 rings (SSSR count). The number of amides is 1. The third-order valence-electron chi connectivity index (χ3n) is 4.60. The summed E-state index contributed by atoms with van der Waals surface area (Å²) in [6.07, 6.45) is 7.48. The number of carbonyl (C=O) groups excluding carboxylic acids is 1. The van der Waals surface area contributed by atoms with E-state index in [4.69, 9.17) is 0 Å². The van der Waals surface area contributed by atoms with E-state index in [1.54, 1.807) is 0 Å². The van der Waals surface area contributed by atoms with Crippen LogP contribution in [-0.4, -0.2) is 18.5 Å². The molecule has 0 aromatic heterocycles.